The Morgan fingerprint density at radius 3 is 2.43 bits per heavy atom. The number of hydrogen-bond donors (Lipinski definition) is 1. The fourth-order valence-electron chi connectivity index (χ4n) is 2.81. The van der Waals surface area contributed by atoms with Crippen molar-refractivity contribution in [1.29, 1.82) is 0 Å². The number of carbonyl (C=O) groups excluding carboxylic acids is 1. The third kappa shape index (κ3) is 3.94. The van der Waals surface area contributed by atoms with E-state index in [1.54, 1.807) is 6.26 Å². The summed E-state index contributed by atoms with van der Waals surface area (Å²) in [6.07, 6.45) is 1.75. The van der Waals surface area contributed by atoms with E-state index >= 15 is 0 Å². The first-order valence-electron chi connectivity index (χ1n) is 8.62. The van der Waals surface area contributed by atoms with Crippen LogP contribution in [-0.2, 0) is 26.1 Å². The molecule has 0 fully saturated rings. The van der Waals surface area contributed by atoms with Crippen molar-refractivity contribution < 1.29 is 22.5 Å². The molecule has 3 aromatic rings. The molecule has 0 bridgehead atoms. The van der Waals surface area contributed by atoms with Crippen LogP contribution in [-0.4, -0.2) is 33.0 Å². The van der Waals surface area contributed by atoms with Gasteiger partial charge in [-0.1, -0.05) is 4.47 Å². The van der Waals surface area contributed by atoms with Gasteiger partial charge in [0.1, 0.15) is 5.58 Å². The van der Waals surface area contributed by atoms with Crippen LogP contribution in [0.5, 0.6) is 0 Å². The summed E-state index contributed by atoms with van der Waals surface area (Å²) in [5, 5.41) is 3.69. The molecular weight excluding hydrogens is 380 g/mol. The van der Waals surface area contributed by atoms with Gasteiger partial charge in [-0.15, -0.1) is 0 Å². The van der Waals surface area contributed by atoms with Gasteiger partial charge in [0.25, 0.3) is 10.0 Å². The van der Waals surface area contributed by atoms with E-state index in [-0.39, 0.29) is 17.2 Å². The van der Waals surface area contributed by atoms with E-state index in [4.69, 9.17) is 9.25 Å². The lowest BCUT2D eigenvalue weighted by atomic mass is 10.0. The molecule has 0 aliphatic carbocycles. The number of nitrogens with one attached hydrogen (secondary N) is 1. The molecule has 7 nitrogen and oxygen atoms in total. The third-order valence-electron chi connectivity index (χ3n) is 4.65. The fraction of sp³-hybridized carbons (Fsp3) is 0.250. The van der Waals surface area contributed by atoms with Gasteiger partial charge in [-0.3, -0.25) is 9.63 Å². The highest BCUT2D eigenvalue weighted by molar-refractivity contribution is 7.89. The van der Waals surface area contributed by atoms with Crippen molar-refractivity contribution in [3.05, 3.63) is 59.4 Å². The van der Waals surface area contributed by atoms with Gasteiger partial charge < -0.3 is 9.73 Å². The monoisotopic (exact) mass is 402 g/mol. The maximum absolute atomic E-state index is 12.4. The summed E-state index contributed by atoms with van der Waals surface area (Å²) in [7, 11) is -1.14. The van der Waals surface area contributed by atoms with Crippen molar-refractivity contribution in [3.63, 3.8) is 0 Å². The summed E-state index contributed by atoms with van der Waals surface area (Å²) in [6, 6.07) is 9.88. The summed E-state index contributed by atoms with van der Waals surface area (Å²) in [5.41, 5.74) is 4.32. The summed E-state index contributed by atoms with van der Waals surface area (Å²) >= 11 is 0. The van der Waals surface area contributed by atoms with Crippen LogP contribution in [0.1, 0.15) is 16.7 Å². The van der Waals surface area contributed by atoms with Crippen LogP contribution in [0, 0.1) is 13.8 Å². The highest BCUT2D eigenvalue weighted by Gasteiger charge is 2.20. The van der Waals surface area contributed by atoms with Crippen molar-refractivity contribution >= 4 is 32.6 Å². The Balaban J connectivity index is 1.73. The topological polar surface area (TPSA) is 88.9 Å². The Morgan fingerprint density at radius 2 is 1.79 bits per heavy atom. The largest absolute Gasteiger partial charge is 0.464 e. The normalized spacial score (nSPS) is 11.9. The molecule has 0 aliphatic heterocycles. The van der Waals surface area contributed by atoms with Crippen molar-refractivity contribution in [1.82, 2.24) is 4.47 Å². The Hall–Kier alpha value is -2.68. The number of fused-ring (bicyclic) bond motifs is 1. The van der Waals surface area contributed by atoms with E-state index in [2.05, 4.69) is 5.32 Å². The predicted octanol–water partition coefficient (Wildman–Crippen LogP) is 3.41. The molecule has 0 spiro atoms. The number of hydroxylamine groups is 1. The first-order chi connectivity index (χ1) is 13.2. The molecule has 1 N–H and O–H groups in total. The molecule has 0 saturated carbocycles. The summed E-state index contributed by atoms with van der Waals surface area (Å²) in [4.78, 5) is 17.2. The molecular formula is C20H22N2O5S. The number of rotatable bonds is 6. The van der Waals surface area contributed by atoms with Crippen LogP contribution in [0.15, 0.2) is 52.0 Å². The zero-order valence-corrected chi connectivity index (χ0v) is 17.0. The van der Waals surface area contributed by atoms with Gasteiger partial charge in [0.2, 0.25) is 5.91 Å². The van der Waals surface area contributed by atoms with Gasteiger partial charge in [0.15, 0.2) is 0 Å². The molecule has 2 aromatic carbocycles. The highest BCUT2D eigenvalue weighted by Crippen LogP contribution is 2.25. The fourth-order valence-corrected chi connectivity index (χ4v) is 3.78. The first kappa shape index (κ1) is 20.1. The van der Waals surface area contributed by atoms with Gasteiger partial charge in [-0.2, -0.15) is 0 Å². The Kier molecular flexibility index (Phi) is 5.55. The van der Waals surface area contributed by atoms with Crippen LogP contribution >= 0.6 is 0 Å². The van der Waals surface area contributed by atoms with Crippen molar-refractivity contribution in [3.8, 4) is 0 Å². The zero-order valence-electron chi connectivity index (χ0n) is 16.1. The molecule has 0 radical (unpaired) electrons. The minimum Gasteiger partial charge on any atom is -0.464 e. The van der Waals surface area contributed by atoms with Crippen molar-refractivity contribution in [2.24, 2.45) is 0 Å². The smallest absolute Gasteiger partial charge is 0.264 e. The molecule has 3 rings (SSSR count). The Bertz CT molecular complexity index is 1120. The second-order valence-corrected chi connectivity index (χ2v) is 8.48. The number of sulfonamides is 1. The lowest BCUT2D eigenvalue weighted by Gasteiger charge is -2.14. The molecule has 148 valence electrons. The molecule has 1 amide bonds. The minimum absolute atomic E-state index is 0.0709. The number of amides is 1. The van der Waals surface area contributed by atoms with Gasteiger partial charge in [-0.25, -0.2) is 8.42 Å². The molecule has 8 heteroatoms. The number of aryl methyl sites for hydroxylation is 2. The molecule has 1 aromatic heterocycles. The summed E-state index contributed by atoms with van der Waals surface area (Å²) in [5.74, 6) is -0.217. The van der Waals surface area contributed by atoms with Crippen molar-refractivity contribution in [2.75, 3.05) is 19.5 Å². The van der Waals surface area contributed by atoms with Crippen LogP contribution in [0.25, 0.3) is 11.0 Å². The van der Waals surface area contributed by atoms with Crippen LogP contribution in [0.2, 0.25) is 0 Å². The Labute approximate surface area is 163 Å². The third-order valence-corrected chi connectivity index (χ3v) is 6.35. The van der Waals surface area contributed by atoms with E-state index in [0.717, 1.165) is 32.1 Å². The lowest BCUT2D eigenvalue weighted by molar-refractivity contribution is -0.115. The quantitative estimate of drug-likeness (QED) is 0.638. The van der Waals surface area contributed by atoms with E-state index in [1.807, 2.05) is 26.0 Å². The SMILES string of the molecule is CON(C)S(=O)(=O)c1ccc(NC(=O)Cc2coc3cc(C)c(C)cc23)cc1. The maximum atomic E-state index is 12.4. The molecule has 1 heterocycles. The number of anilines is 1. The van der Waals surface area contributed by atoms with E-state index in [9.17, 15) is 13.2 Å². The zero-order chi connectivity index (χ0) is 20.5. The van der Waals surface area contributed by atoms with Crippen molar-refractivity contribution in [2.45, 2.75) is 25.2 Å². The average molecular weight is 402 g/mol. The molecule has 0 atom stereocenters. The molecule has 0 aliphatic rings. The number of nitrogens with zero attached hydrogens (tertiary/aromatic N) is 1. The van der Waals surface area contributed by atoms with E-state index in [1.165, 1.54) is 38.4 Å². The van der Waals surface area contributed by atoms with E-state index < -0.39 is 10.0 Å². The lowest BCUT2D eigenvalue weighted by Crippen LogP contribution is -2.25. The second kappa shape index (κ2) is 7.75. The van der Waals surface area contributed by atoms with Crippen LogP contribution < -0.4 is 5.32 Å². The van der Waals surface area contributed by atoms with Crippen LogP contribution in [0.3, 0.4) is 0 Å². The summed E-state index contributed by atoms with van der Waals surface area (Å²) in [6.45, 7) is 4.03. The number of benzene rings is 2. The molecule has 0 unspecified atom stereocenters. The van der Waals surface area contributed by atoms with Gasteiger partial charge in [0, 0.05) is 23.7 Å². The number of hydrogen-bond acceptors (Lipinski definition) is 5. The Morgan fingerprint density at radius 1 is 1.14 bits per heavy atom. The van der Waals surface area contributed by atoms with Crippen LogP contribution in [0.4, 0.5) is 5.69 Å². The number of carbonyl (C=O) groups is 1. The summed E-state index contributed by atoms with van der Waals surface area (Å²) < 4.78 is 30.7. The predicted molar refractivity (Wildman–Crippen MR) is 106 cm³/mol. The first-order valence-corrected chi connectivity index (χ1v) is 10.1. The van der Waals surface area contributed by atoms with Gasteiger partial charge in [0.05, 0.1) is 24.7 Å². The molecule has 28 heavy (non-hydrogen) atoms. The number of furan rings is 1. The second-order valence-electron chi connectivity index (χ2n) is 6.54. The van der Waals surface area contributed by atoms with Gasteiger partial charge >= 0.3 is 0 Å². The minimum atomic E-state index is -3.72. The highest BCUT2D eigenvalue weighted by atomic mass is 32.2. The molecule has 0 saturated heterocycles. The maximum Gasteiger partial charge on any atom is 0.264 e. The average Bonchev–Trinajstić information content (AvgIpc) is 3.03. The van der Waals surface area contributed by atoms with E-state index in [0.29, 0.717) is 5.69 Å². The standard InChI is InChI=1S/C20H22N2O5S/c1-13-9-18-15(12-27-19(18)10-14(13)2)11-20(23)21-16-5-7-17(8-6-16)28(24,25)22(3)26-4/h5-10,12H,11H2,1-4H3,(H,21,23). The van der Waals surface area contributed by atoms with Gasteiger partial charge in [-0.05, 0) is 61.4 Å².